The minimum Gasteiger partial charge on any atom is -0.349 e. The highest BCUT2D eigenvalue weighted by atomic mass is 79.9. The van der Waals surface area contributed by atoms with Crippen LogP contribution in [0.1, 0.15) is 28.7 Å². The Labute approximate surface area is 148 Å². The summed E-state index contributed by atoms with van der Waals surface area (Å²) < 4.78 is 3.01. The van der Waals surface area contributed by atoms with Gasteiger partial charge in [-0.05, 0) is 44.2 Å². The highest BCUT2D eigenvalue weighted by Crippen LogP contribution is 2.24. The lowest BCUT2D eigenvalue weighted by molar-refractivity contribution is 0.0960. The van der Waals surface area contributed by atoms with Crippen molar-refractivity contribution < 1.29 is 4.79 Å². The zero-order valence-electron chi connectivity index (χ0n) is 13.8. The zero-order valence-corrected chi connectivity index (χ0v) is 15.4. The maximum absolute atomic E-state index is 12.6. The molecule has 24 heavy (non-hydrogen) atoms. The van der Waals surface area contributed by atoms with E-state index < -0.39 is 0 Å². The van der Waals surface area contributed by atoms with E-state index in [2.05, 4.69) is 42.8 Å². The third kappa shape index (κ3) is 3.03. The van der Waals surface area contributed by atoms with Crippen LogP contribution in [0.25, 0.3) is 11.4 Å². The lowest BCUT2D eigenvalue weighted by Gasteiger charge is -2.05. The summed E-state index contributed by atoms with van der Waals surface area (Å²) in [5, 5.41) is 12.4. The van der Waals surface area contributed by atoms with E-state index in [9.17, 15) is 4.79 Å². The van der Waals surface area contributed by atoms with Gasteiger partial charge in [0.15, 0.2) is 5.78 Å². The fourth-order valence-electron chi connectivity index (χ4n) is 2.84. The number of Topliss-reactive ketones (excluding diaryl/α,β-unsaturated/α-hetero) is 1. The van der Waals surface area contributed by atoms with Crippen LogP contribution in [0.4, 0.5) is 0 Å². The molecule has 3 aromatic rings. The first-order valence-electron chi connectivity index (χ1n) is 7.74. The SMILES string of the molecule is CCn1c(C)cc(C(=O)Cn2nnc(-c3ccccc3Br)n2)c1C. The highest BCUT2D eigenvalue weighted by Gasteiger charge is 2.17. The third-order valence-corrected chi connectivity index (χ3v) is 4.73. The molecule has 7 heteroatoms. The number of ketones is 1. The molecule has 0 N–H and O–H groups in total. The molecule has 0 radical (unpaired) electrons. The van der Waals surface area contributed by atoms with Gasteiger partial charge in [0.2, 0.25) is 5.82 Å². The van der Waals surface area contributed by atoms with E-state index in [1.54, 1.807) is 0 Å². The standard InChI is InChI=1S/C17H18BrN5O/c1-4-22-11(2)9-14(12(22)3)16(24)10-23-20-17(19-21-23)13-7-5-6-8-15(13)18/h5-9H,4,10H2,1-3H3. The molecule has 0 unspecified atom stereocenters. The lowest BCUT2D eigenvalue weighted by atomic mass is 10.1. The average Bonchev–Trinajstić information content (AvgIpc) is 3.12. The molecule has 2 aromatic heterocycles. The van der Waals surface area contributed by atoms with Crippen molar-refractivity contribution in [3.8, 4) is 11.4 Å². The molecule has 2 heterocycles. The molecule has 0 spiro atoms. The van der Waals surface area contributed by atoms with Crippen LogP contribution in [-0.4, -0.2) is 30.6 Å². The smallest absolute Gasteiger partial charge is 0.206 e. The van der Waals surface area contributed by atoms with Crippen LogP contribution in [0.3, 0.4) is 0 Å². The van der Waals surface area contributed by atoms with E-state index >= 15 is 0 Å². The number of carbonyl (C=O) groups is 1. The van der Waals surface area contributed by atoms with Crippen LogP contribution >= 0.6 is 15.9 Å². The van der Waals surface area contributed by atoms with Crippen LogP contribution in [0.2, 0.25) is 0 Å². The van der Waals surface area contributed by atoms with E-state index in [4.69, 9.17) is 0 Å². The maximum atomic E-state index is 12.6. The Morgan fingerprint density at radius 3 is 2.67 bits per heavy atom. The number of hydrogen-bond acceptors (Lipinski definition) is 4. The summed E-state index contributed by atoms with van der Waals surface area (Å²) in [5.74, 6) is 0.480. The second kappa shape index (κ2) is 6.68. The number of aryl methyl sites for hydroxylation is 1. The van der Waals surface area contributed by atoms with Gasteiger partial charge in [-0.25, -0.2) is 0 Å². The van der Waals surface area contributed by atoms with Crippen molar-refractivity contribution in [2.75, 3.05) is 0 Å². The molecular weight excluding hydrogens is 370 g/mol. The second-order valence-corrected chi connectivity index (χ2v) is 6.43. The van der Waals surface area contributed by atoms with Gasteiger partial charge >= 0.3 is 0 Å². The summed E-state index contributed by atoms with van der Waals surface area (Å²) in [5.41, 5.74) is 3.62. The molecule has 0 bridgehead atoms. The van der Waals surface area contributed by atoms with Crippen molar-refractivity contribution in [1.29, 1.82) is 0 Å². The minimum atomic E-state index is -0.0149. The zero-order chi connectivity index (χ0) is 17.3. The highest BCUT2D eigenvalue weighted by molar-refractivity contribution is 9.10. The molecule has 0 aliphatic rings. The largest absolute Gasteiger partial charge is 0.349 e. The van der Waals surface area contributed by atoms with Gasteiger partial charge in [-0.1, -0.05) is 28.1 Å². The maximum Gasteiger partial charge on any atom is 0.206 e. The fraction of sp³-hybridized carbons (Fsp3) is 0.294. The Hall–Kier alpha value is -2.28. The fourth-order valence-corrected chi connectivity index (χ4v) is 3.31. The summed E-state index contributed by atoms with van der Waals surface area (Å²) in [6, 6.07) is 9.58. The molecule has 0 aliphatic heterocycles. The second-order valence-electron chi connectivity index (χ2n) is 5.58. The predicted octanol–water partition coefficient (Wildman–Crippen LogP) is 3.42. The first-order valence-corrected chi connectivity index (χ1v) is 8.53. The van der Waals surface area contributed by atoms with E-state index in [-0.39, 0.29) is 12.3 Å². The average molecular weight is 388 g/mol. The van der Waals surface area contributed by atoms with Crippen LogP contribution < -0.4 is 0 Å². The Morgan fingerprint density at radius 2 is 2.00 bits per heavy atom. The normalized spacial score (nSPS) is 11.0. The number of tetrazole rings is 1. The van der Waals surface area contributed by atoms with Crippen LogP contribution in [0.5, 0.6) is 0 Å². The first-order chi connectivity index (χ1) is 11.5. The van der Waals surface area contributed by atoms with Crippen molar-refractivity contribution in [3.63, 3.8) is 0 Å². The van der Waals surface area contributed by atoms with Gasteiger partial charge < -0.3 is 4.57 Å². The molecule has 0 aliphatic carbocycles. The van der Waals surface area contributed by atoms with Crippen LogP contribution in [0.15, 0.2) is 34.8 Å². The summed E-state index contributed by atoms with van der Waals surface area (Å²) >= 11 is 3.47. The molecular formula is C17H18BrN5O. The van der Waals surface area contributed by atoms with Gasteiger partial charge in [0, 0.05) is 33.5 Å². The topological polar surface area (TPSA) is 65.6 Å². The van der Waals surface area contributed by atoms with E-state index in [0.29, 0.717) is 11.4 Å². The number of hydrogen-bond donors (Lipinski definition) is 0. The number of rotatable bonds is 5. The molecule has 0 saturated carbocycles. The summed E-state index contributed by atoms with van der Waals surface area (Å²) in [6.07, 6.45) is 0. The minimum absolute atomic E-state index is 0.0149. The Kier molecular flexibility index (Phi) is 4.62. The van der Waals surface area contributed by atoms with Gasteiger partial charge in [0.1, 0.15) is 6.54 Å². The predicted molar refractivity (Wildman–Crippen MR) is 94.9 cm³/mol. The van der Waals surface area contributed by atoms with Crippen molar-refractivity contribution in [3.05, 3.63) is 51.8 Å². The molecule has 6 nitrogen and oxygen atoms in total. The molecule has 0 fully saturated rings. The molecule has 0 atom stereocenters. The number of aromatic nitrogens is 5. The number of benzene rings is 1. The van der Waals surface area contributed by atoms with Crippen LogP contribution in [0, 0.1) is 13.8 Å². The summed E-state index contributed by atoms with van der Waals surface area (Å²) in [6.45, 7) is 6.96. The first kappa shape index (κ1) is 16.6. The Morgan fingerprint density at radius 1 is 1.25 bits per heavy atom. The van der Waals surface area contributed by atoms with Gasteiger partial charge in [0.05, 0.1) is 0 Å². The monoisotopic (exact) mass is 387 g/mol. The van der Waals surface area contributed by atoms with Gasteiger partial charge in [-0.15, -0.1) is 10.2 Å². The van der Waals surface area contributed by atoms with Crippen molar-refractivity contribution in [2.24, 2.45) is 0 Å². The summed E-state index contributed by atoms with van der Waals surface area (Å²) in [7, 11) is 0. The molecule has 3 rings (SSSR count). The molecule has 0 saturated heterocycles. The summed E-state index contributed by atoms with van der Waals surface area (Å²) in [4.78, 5) is 13.9. The Balaban J connectivity index is 1.83. The lowest BCUT2D eigenvalue weighted by Crippen LogP contribution is -2.14. The van der Waals surface area contributed by atoms with Crippen LogP contribution in [-0.2, 0) is 13.1 Å². The van der Waals surface area contributed by atoms with E-state index in [0.717, 1.165) is 28.0 Å². The van der Waals surface area contributed by atoms with Crippen molar-refractivity contribution in [1.82, 2.24) is 24.8 Å². The van der Waals surface area contributed by atoms with E-state index in [1.807, 2.05) is 44.2 Å². The molecule has 124 valence electrons. The van der Waals surface area contributed by atoms with E-state index in [1.165, 1.54) is 4.80 Å². The molecule has 1 aromatic carbocycles. The quantitative estimate of drug-likeness (QED) is 0.629. The third-order valence-electron chi connectivity index (χ3n) is 4.04. The Bertz CT molecular complexity index is 896. The number of carbonyl (C=O) groups excluding carboxylic acids is 1. The van der Waals surface area contributed by atoms with Gasteiger partial charge in [0.25, 0.3) is 0 Å². The van der Waals surface area contributed by atoms with Crippen molar-refractivity contribution >= 4 is 21.7 Å². The van der Waals surface area contributed by atoms with Gasteiger partial charge in [-0.3, -0.25) is 4.79 Å². The number of nitrogens with zero attached hydrogens (tertiary/aromatic N) is 5. The van der Waals surface area contributed by atoms with Gasteiger partial charge in [-0.2, -0.15) is 4.80 Å². The molecule has 0 amide bonds. The number of halogens is 1. The van der Waals surface area contributed by atoms with Crippen molar-refractivity contribution in [2.45, 2.75) is 33.9 Å².